The van der Waals surface area contributed by atoms with E-state index in [1.165, 1.54) is 25.9 Å². The van der Waals surface area contributed by atoms with Crippen LogP contribution in [0.4, 0.5) is 0 Å². The molecule has 0 bridgehead atoms. The summed E-state index contributed by atoms with van der Waals surface area (Å²) in [5, 5.41) is 8.88. The highest BCUT2D eigenvalue weighted by Crippen LogP contribution is 2.20. The second kappa shape index (κ2) is 7.58. The van der Waals surface area contributed by atoms with Gasteiger partial charge in [-0.05, 0) is 52.6 Å². The van der Waals surface area contributed by atoms with Gasteiger partial charge in [0.1, 0.15) is 0 Å². The second-order valence-corrected chi connectivity index (χ2v) is 6.24. The molecular weight excluding hydrogens is 240 g/mol. The Hall–Kier alpha value is -0.160. The Balaban J connectivity index is 1.76. The molecule has 0 aromatic carbocycles. The lowest BCUT2D eigenvalue weighted by Gasteiger charge is -2.38. The summed E-state index contributed by atoms with van der Waals surface area (Å²) < 4.78 is 5.80. The minimum absolute atomic E-state index is 0.330. The lowest BCUT2D eigenvalue weighted by molar-refractivity contribution is -0.0722. The van der Waals surface area contributed by atoms with Gasteiger partial charge in [0.25, 0.3) is 0 Å². The molecule has 0 amide bonds. The van der Waals surface area contributed by atoms with Crippen LogP contribution in [0, 0.1) is 0 Å². The topological polar surface area (TPSA) is 35.9 Å². The molecule has 0 aliphatic carbocycles. The first kappa shape index (κ1) is 15.2. The van der Waals surface area contributed by atoms with Crippen LogP contribution in [0.15, 0.2) is 0 Å². The number of ether oxygens (including phenoxy) is 1. The van der Waals surface area contributed by atoms with Crippen molar-refractivity contribution in [3.63, 3.8) is 0 Å². The molecule has 0 saturated carbocycles. The second-order valence-electron chi connectivity index (χ2n) is 6.24. The van der Waals surface area contributed by atoms with Gasteiger partial charge in [-0.3, -0.25) is 9.80 Å². The van der Waals surface area contributed by atoms with E-state index in [9.17, 15) is 0 Å². The van der Waals surface area contributed by atoms with Gasteiger partial charge in [0.05, 0.1) is 12.2 Å². The zero-order valence-corrected chi connectivity index (χ0v) is 12.6. The molecule has 3 atom stereocenters. The summed E-state index contributed by atoms with van der Waals surface area (Å²) in [6.07, 6.45) is 5.47. The zero-order chi connectivity index (χ0) is 13.7. The van der Waals surface area contributed by atoms with E-state index in [0.29, 0.717) is 18.8 Å². The van der Waals surface area contributed by atoms with Crippen LogP contribution in [0.2, 0.25) is 0 Å². The van der Waals surface area contributed by atoms with E-state index in [4.69, 9.17) is 9.84 Å². The average molecular weight is 270 g/mol. The van der Waals surface area contributed by atoms with Crippen LogP contribution >= 0.6 is 0 Å². The normalized spacial score (nSPS) is 33.9. The standard InChI is InChI=1S/C15H30N2O2/c1-13-10-16(11-14(2)19-13)12-15-6-5-8-17(15)7-3-4-9-18/h13-15,18H,3-12H2,1-2H3. The maximum absolute atomic E-state index is 8.88. The van der Waals surface area contributed by atoms with Crippen molar-refractivity contribution in [2.75, 3.05) is 39.3 Å². The number of nitrogens with zero attached hydrogens (tertiary/aromatic N) is 2. The molecule has 4 heteroatoms. The van der Waals surface area contributed by atoms with E-state index < -0.39 is 0 Å². The number of likely N-dealkylation sites (tertiary alicyclic amines) is 1. The summed E-state index contributed by atoms with van der Waals surface area (Å²) in [7, 11) is 0. The van der Waals surface area contributed by atoms with Crippen LogP contribution in [-0.4, -0.2) is 72.5 Å². The SMILES string of the molecule is CC1CN(CC2CCCN2CCCCO)CC(C)O1. The third kappa shape index (κ3) is 4.71. The van der Waals surface area contributed by atoms with E-state index in [0.717, 1.165) is 38.5 Å². The number of morpholine rings is 1. The van der Waals surface area contributed by atoms with Gasteiger partial charge >= 0.3 is 0 Å². The molecule has 2 rings (SSSR count). The Morgan fingerprint density at radius 2 is 1.89 bits per heavy atom. The molecule has 2 aliphatic rings. The number of rotatable bonds is 6. The third-order valence-corrected chi connectivity index (χ3v) is 4.32. The first-order chi connectivity index (χ1) is 9.19. The Bertz CT molecular complexity index is 253. The fourth-order valence-electron chi connectivity index (χ4n) is 3.55. The fourth-order valence-corrected chi connectivity index (χ4v) is 3.55. The highest BCUT2D eigenvalue weighted by molar-refractivity contribution is 4.84. The molecule has 2 saturated heterocycles. The first-order valence-corrected chi connectivity index (χ1v) is 7.91. The maximum Gasteiger partial charge on any atom is 0.0678 e. The summed E-state index contributed by atoms with van der Waals surface area (Å²) >= 11 is 0. The predicted octanol–water partition coefficient (Wildman–Crippen LogP) is 1.33. The van der Waals surface area contributed by atoms with Crippen LogP contribution in [0.1, 0.15) is 39.5 Å². The first-order valence-electron chi connectivity index (χ1n) is 7.91. The van der Waals surface area contributed by atoms with E-state index in [1.54, 1.807) is 0 Å². The van der Waals surface area contributed by atoms with Crippen molar-refractivity contribution < 1.29 is 9.84 Å². The smallest absolute Gasteiger partial charge is 0.0678 e. The summed E-state index contributed by atoms with van der Waals surface area (Å²) in [6, 6.07) is 0.719. The van der Waals surface area contributed by atoms with Crippen LogP contribution in [0.3, 0.4) is 0 Å². The monoisotopic (exact) mass is 270 g/mol. The summed E-state index contributed by atoms with van der Waals surface area (Å²) in [5.74, 6) is 0. The van der Waals surface area contributed by atoms with Crippen molar-refractivity contribution in [1.82, 2.24) is 9.80 Å². The van der Waals surface area contributed by atoms with Crippen LogP contribution in [-0.2, 0) is 4.74 Å². The average Bonchev–Trinajstić information content (AvgIpc) is 2.76. The lowest BCUT2D eigenvalue weighted by atomic mass is 10.1. The number of aliphatic hydroxyl groups is 1. The van der Waals surface area contributed by atoms with E-state index >= 15 is 0 Å². The Morgan fingerprint density at radius 1 is 1.16 bits per heavy atom. The van der Waals surface area contributed by atoms with Gasteiger partial charge < -0.3 is 9.84 Å². The summed E-state index contributed by atoms with van der Waals surface area (Å²) in [5.41, 5.74) is 0. The molecule has 0 spiro atoms. The van der Waals surface area contributed by atoms with Crippen LogP contribution in [0.5, 0.6) is 0 Å². The molecule has 2 heterocycles. The number of unbranched alkanes of at least 4 members (excludes halogenated alkanes) is 1. The van der Waals surface area contributed by atoms with Crippen molar-refractivity contribution in [3.8, 4) is 0 Å². The van der Waals surface area contributed by atoms with Gasteiger partial charge in [-0.15, -0.1) is 0 Å². The van der Waals surface area contributed by atoms with Gasteiger partial charge in [-0.1, -0.05) is 0 Å². The molecule has 2 aliphatic heterocycles. The minimum atomic E-state index is 0.330. The molecule has 3 unspecified atom stereocenters. The Morgan fingerprint density at radius 3 is 2.58 bits per heavy atom. The van der Waals surface area contributed by atoms with Crippen LogP contribution in [0.25, 0.3) is 0 Å². The van der Waals surface area contributed by atoms with Gasteiger partial charge in [-0.25, -0.2) is 0 Å². The maximum atomic E-state index is 8.88. The summed E-state index contributed by atoms with van der Waals surface area (Å²) in [4.78, 5) is 5.20. The van der Waals surface area contributed by atoms with Crippen LogP contribution < -0.4 is 0 Å². The van der Waals surface area contributed by atoms with Gasteiger partial charge in [-0.2, -0.15) is 0 Å². The Kier molecular flexibility index (Phi) is 6.07. The lowest BCUT2D eigenvalue weighted by Crippen LogP contribution is -2.50. The van der Waals surface area contributed by atoms with E-state index in [2.05, 4.69) is 23.6 Å². The van der Waals surface area contributed by atoms with Crippen molar-refractivity contribution >= 4 is 0 Å². The van der Waals surface area contributed by atoms with E-state index in [1.807, 2.05) is 0 Å². The minimum Gasteiger partial charge on any atom is -0.396 e. The number of aliphatic hydroxyl groups excluding tert-OH is 1. The molecule has 112 valence electrons. The number of hydrogen-bond acceptors (Lipinski definition) is 4. The highest BCUT2D eigenvalue weighted by atomic mass is 16.5. The molecule has 2 fully saturated rings. The number of hydrogen-bond donors (Lipinski definition) is 1. The third-order valence-electron chi connectivity index (χ3n) is 4.32. The van der Waals surface area contributed by atoms with Gasteiger partial charge in [0, 0.05) is 32.3 Å². The molecule has 19 heavy (non-hydrogen) atoms. The molecule has 1 N–H and O–H groups in total. The van der Waals surface area contributed by atoms with Crippen molar-refractivity contribution in [3.05, 3.63) is 0 Å². The molecular formula is C15H30N2O2. The molecule has 0 aromatic heterocycles. The largest absolute Gasteiger partial charge is 0.396 e. The molecule has 4 nitrogen and oxygen atoms in total. The predicted molar refractivity (Wildman–Crippen MR) is 77.4 cm³/mol. The Labute approximate surface area is 117 Å². The summed E-state index contributed by atoms with van der Waals surface area (Å²) in [6.45, 7) is 10.4. The highest BCUT2D eigenvalue weighted by Gasteiger charge is 2.29. The zero-order valence-electron chi connectivity index (χ0n) is 12.6. The molecule has 0 radical (unpaired) electrons. The molecule has 0 aromatic rings. The van der Waals surface area contributed by atoms with E-state index in [-0.39, 0.29) is 0 Å². The quantitative estimate of drug-likeness (QED) is 0.739. The van der Waals surface area contributed by atoms with Gasteiger partial charge in [0.2, 0.25) is 0 Å². The fraction of sp³-hybridized carbons (Fsp3) is 1.00. The van der Waals surface area contributed by atoms with Crippen molar-refractivity contribution in [2.24, 2.45) is 0 Å². The van der Waals surface area contributed by atoms with Crippen molar-refractivity contribution in [1.29, 1.82) is 0 Å². The van der Waals surface area contributed by atoms with Crippen molar-refractivity contribution in [2.45, 2.75) is 57.8 Å². The van der Waals surface area contributed by atoms with Gasteiger partial charge in [0.15, 0.2) is 0 Å².